The quantitative estimate of drug-likeness (QED) is 0.467. The summed E-state index contributed by atoms with van der Waals surface area (Å²) >= 11 is 0. The van der Waals surface area contributed by atoms with Crippen LogP contribution < -0.4 is 25.7 Å². The van der Waals surface area contributed by atoms with Gasteiger partial charge in [-0.1, -0.05) is 18.2 Å². The maximum Gasteiger partial charge on any atom is 0.362 e. The van der Waals surface area contributed by atoms with E-state index in [1.54, 1.807) is 50.6 Å². The molecule has 0 unspecified atom stereocenters. The molecule has 2 N–H and O–H groups in total. The van der Waals surface area contributed by atoms with Gasteiger partial charge in [0.2, 0.25) is 5.91 Å². The molecule has 0 spiro atoms. The lowest BCUT2D eigenvalue weighted by Crippen LogP contribution is -2.18. The zero-order valence-electron chi connectivity index (χ0n) is 16.4. The number of fused-ring (bicyclic) bond motifs is 1. The van der Waals surface area contributed by atoms with Crippen LogP contribution in [0.4, 0.5) is 11.4 Å². The summed E-state index contributed by atoms with van der Waals surface area (Å²) in [6.07, 6.45) is 2.96. The number of hydrogen-bond acceptors (Lipinski definition) is 6. The average Bonchev–Trinajstić information content (AvgIpc) is 2.74. The molecule has 0 aliphatic rings. The number of methoxy groups -OCH3 is 2. The van der Waals surface area contributed by atoms with Crippen molar-refractivity contribution in [3.05, 3.63) is 64.5 Å². The van der Waals surface area contributed by atoms with E-state index >= 15 is 0 Å². The molecule has 3 aromatic rings. The minimum atomic E-state index is -0.618. The first-order chi connectivity index (χ1) is 14.1. The van der Waals surface area contributed by atoms with E-state index in [0.29, 0.717) is 34.7 Å². The molecular weight excluding hydrogens is 372 g/mol. The zero-order chi connectivity index (χ0) is 20.8. The summed E-state index contributed by atoms with van der Waals surface area (Å²) in [5.41, 5.74) is 1.19. The molecule has 0 bridgehead atoms. The van der Waals surface area contributed by atoms with Crippen molar-refractivity contribution in [1.82, 2.24) is 0 Å². The van der Waals surface area contributed by atoms with E-state index in [9.17, 15) is 9.59 Å². The molecule has 1 aromatic heterocycles. The third-order valence-electron chi connectivity index (χ3n) is 4.25. The smallest absolute Gasteiger partial charge is 0.362 e. The molecule has 1 amide bonds. The van der Waals surface area contributed by atoms with E-state index in [1.807, 2.05) is 19.1 Å². The van der Waals surface area contributed by atoms with Crippen molar-refractivity contribution in [1.29, 1.82) is 0 Å². The molecule has 3 rings (SSSR count). The van der Waals surface area contributed by atoms with E-state index in [1.165, 1.54) is 6.08 Å². The van der Waals surface area contributed by atoms with Crippen LogP contribution in [-0.4, -0.2) is 26.7 Å². The Morgan fingerprint density at radius 1 is 1.07 bits per heavy atom. The van der Waals surface area contributed by atoms with E-state index in [0.717, 1.165) is 5.56 Å². The first-order valence-corrected chi connectivity index (χ1v) is 9.08. The highest BCUT2D eigenvalue weighted by atomic mass is 16.5. The van der Waals surface area contributed by atoms with Crippen LogP contribution in [0.1, 0.15) is 12.5 Å². The Morgan fingerprint density at radius 2 is 1.83 bits per heavy atom. The summed E-state index contributed by atoms with van der Waals surface area (Å²) in [4.78, 5) is 24.9. The Bertz CT molecular complexity index is 1120. The molecule has 0 atom stereocenters. The summed E-state index contributed by atoms with van der Waals surface area (Å²) in [6, 6.07) is 12.4. The SMILES string of the molecule is CCNc1c(NC(=O)/C=C/c2ccc(OC)c(OC)c2)c(=O)oc2ccccc12. The molecular formula is C22H22N2O5. The normalized spacial score (nSPS) is 10.9. The molecule has 1 heterocycles. The maximum absolute atomic E-state index is 12.4. The Kier molecular flexibility index (Phi) is 6.19. The summed E-state index contributed by atoms with van der Waals surface area (Å²) < 4.78 is 15.8. The van der Waals surface area contributed by atoms with Gasteiger partial charge >= 0.3 is 5.63 Å². The fourth-order valence-corrected chi connectivity index (χ4v) is 2.92. The second kappa shape index (κ2) is 8.97. The number of carbonyl (C=O) groups excluding carboxylic acids is 1. The average molecular weight is 394 g/mol. The van der Waals surface area contributed by atoms with Crippen molar-refractivity contribution in [3.8, 4) is 11.5 Å². The van der Waals surface area contributed by atoms with Gasteiger partial charge in [-0.2, -0.15) is 0 Å². The van der Waals surface area contributed by atoms with Gasteiger partial charge in [-0.15, -0.1) is 0 Å². The number of hydrogen-bond donors (Lipinski definition) is 2. The van der Waals surface area contributed by atoms with Crippen LogP contribution in [0.2, 0.25) is 0 Å². The zero-order valence-corrected chi connectivity index (χ0v) is 16.4. The summed E-state index contributed by atoms with van der Waals surface area (Å²) in [6.45, 7) is 2.49. The number of ether oxygens (including phenoxy) is 2. The molecule has 0 aliphatic carbocycles. The number of amides is 1. The second-order valence-electron chi connectivity index (χ2n) is 6.10. The molecule has 2 aromatic carbocycles. The fraction of sp³-hybridized carbons (Fsp3) is 0.182. The van der Waals surface area contributed by atoms with E-state index < -0.39 is 11.5 Å². The largest absolute Gasteiger partial charge is 0.493 e. The van der Waals surface area contributed by atoms with Crippen LogP contribution in [-0.2, 0) is 4.79 Å². The number of para-hydroxylation sites is 1. The molecule has 0 aliphatic heterocycles. The van der Waals surface area contributed by atoms with E-state index in [4.69, 9.17) is 13.9 Å². The Labute approximate surface area is 167 Å². The highest BCUT2D eigenvalue weighted by Gasteiger charge is 2.15. The number of carbonyl (C=O) groups is 1. The van der Waals surface area contributed by atoms with E-state index in [2.05, 4.69) is 10.6 Å². The van der Waals surface area contributed by atoms with Gasteiger partial charge in [0, 0.05) is 18.0 Å². The van der Waals surface area contributed by atoms with Gasteiger partial charge in [0.1, 0.15) is 5.58 Å². The van der Waals surface area contributed by atoms with Gasteiger partial charge < -0.3 is 24.5 Å². The van der Waals surface area contributed by atoms with Crippen molar-refractivity contribution in [3.63, 3.8) is 0 Å². The lowest BCUT2D eigenvalue weighted by atomic mass is 10.1. The number of benzene rings is 2. The molecule has 0 saturated heterocycles. The van der Waals surface area contributed by atoms with Gasteiger partial charge in [0.05, 0.1) is 19.9 Å². The van der Waals surface area contributed by atoms with Crippen LogP contribution >= 0.6 is 0 Å². The molecule has 0 fully saturated rings. The number of anilines is 2. The lowest BCUT2D eigenvalue weighted by Gasteiger charge is -2.12. The third-order valence-corrected chi connectivity index (χ3v) is 4.25. The van der Waals surface area contributed by atoms with E-state index in [-0.39, 0.29) is 5.69 Å². The first-order valence-electron chi connectivity index (χ1n) is 9.08. The van der Waals surface area contributed by atoms with Gasteiger partial charge in [-0.3, -0.25) is 4.79 Å². The van der Waals surface area contributed by atoms with Gasteiger partial charge in [0.15, 0.2) is 17.2 Å². The van der Waals surface area contributed by atoms with Crippen LogP contribution in [0.25, 0.3) is 17.0 Å². The maximum atomic E-state index is 12.4. The summed E-state index contributed by atoms with van der Waals surface area (Å²) in [7, 11) is 3.09. The number of rotatable bonds is 7. The van der Waals surface area contributed by atoms with Gasteiger partial charge in [-0.05, 0) is 42.8 Å². The van der Waals surface area contributed by atoms with Crippen molar-refractivity contribution >= 4 is 34.3 Å². The highest BCUT2D eigenvalue weighted by molar-refractivity contribution is 6.07. The topological polar surface area (TPSA) is 89.8 Å². The van der Waals surface area contributed by atoms with Gasteiger partial charge in [0.25, 0.3) is 0 Å². The van der Waals surface area contributed by atoms with Crippen molar-refractivity contribution in [2.75, 3.05) is 31.4 Å². The molecule has 29 heavy (non-hydrogen) atoms. The lowest BCUT2D eigenvalue weighted by molar-refractivity contribution is -0.111. The molecule has 0 saturated carbocycles. The van der Waals surface area contributed by atoms with Crippen LogP contribution in [0.5, 0.6) is 11.5 Å². The van der Waals surface area contributed by atoms with Crippen LogP contribution in [0, 0.1) is 0 Å². The first kappa shape index (κ1) is 20.0. The fourth-order valence-electron chi connectivity index (χ4n) is 2.92. The minimum absolute atomic E-state index is 0.0764. The Hall–Kier alpha value is -3.74. The number of nitrogens with one attached hydrogen (secondary N) is 2. The Morgan fingerprint density at radius 3 is 2.55 bits per heavy atom. The molecule has 150 valence electrons. The van der Waals surface area contributed by atoms with Crippen LogP contribution in [0.15, 0.2) is 57.8 Å². The predicted molar refractivity (Wildman–Crippen MR) is 114 cm³/mol. The minimum Gasteiger partial charge on any atom is -0.493 e. The highest BCUT2D eigenvalue weighted by Crippen LogP contribution is 2.29. The Balaban J connectivity index is 1.88. The van der Waals surface area contributed by atoms with Crippen molar-refractivity contribution in [2.24, 2.45) is 0 Å². The standard InChI is InChI=1S/C22H22N2O5/c1-4-23-20-15-7-5-6-8-16(15)29-22(26)21(20)24-19(25)12-10-14-9-11-17(27-2)18(13-14)28-3/h5-13,23H,4H2,1-3H3,(H,24,25)/b12-10+. The molecule has 0 radical (unpaired) electrons. The van der Waals surface area contributed by atoms with Crippen molar-refractivity contribution in [2.45, 2.75) is 6.92 Å². The molecule has 7 heteroatoms. The second-order valence-corrected chi connectivity index (χ2v) is 6.10. The third kappa shape index (κ3) is 4.40. The predicted octanol–water partition coefficient (Wildman–Crippen LogP) is 3.89. The van der Waals surface area contributed by atoms with Gasteiger partial charge in [-0.25, -0.2) is 4.79 Å². The monoisotopic (exact) mass is 394 g/mol. The van der Waals surface area contributed by atoms with Crippen LogP contribution in [0.3, 0.4) is 0 Å². The summed E-state index contributed by atoms with van der Waals surface area (Å²) in [5.74, 6) is 0.694. The molecule has 7 nitrogen and oxygen atoms in total. The summed E-state index contributed by atoms with van der Waals surface area (Å²) in [5, 5.41) is 6.48. The van der Waals surface area contributed by atoms with Crippen molar-refractivity contribution < 1.29 is 18.7 Å².